The molecule has 1 aliphatic heterocycles. The summed E-state index contributed by atoms with van der Waals surface area (Å²) in [7, 11) is 2.96. The molecule has 47 heavy (non-hydrogen) atoms. The average molecular weight is 678 g/mol. The Labute approximate surface area is 277 Å². The van der Waals surface area contributed by atoms with Gasteiger partial charge in [-0.25, -0.2) is 0 Å². The third-order valence-corrected chi connectivity index (χ3v) is 7.91. The van der Waals surface area contributed by atoms with Crippen LogP contribution in [0.15, 0.2) is 59.8 Å². The number of nitrogens with zero attached hydrogens (tertiary/aromatic N) is 2. The van der Waals surface area contributed by atoms with E-state index in [-0.39, 0.29) is 13.2 Å². The lowest BCUT2D eigenvalue weighted by Gasteiger charge is -2.28. The molecule has 9 nitrogen and oxygen atoms in total. The molecule has 0 saturated carbocycles. The molecule has 0 aliphatic carbocycles. The molecule has 3 aromatic rings. The van der Waals surface area contributed by atoms with Gasteiger partial charge < -0.3 is 34.4 Å². The Morgan fingerprint density at radius 1 is 1.06 bits per heavy atom. The monoisotopic (exact) mass is 677 g/mol. The number of fused-ring (bicyclic) bond motifs is 1. The smallest absolute Gasteiger partial charge is 0.497 e. The fourth-order valence-corrected chi connectivity index (χ4v) is 5.45. The van der Waals surface area contributed by atoms with Gasteiger partial charge in [-0.15, -0.1) is 13.2 Å². The third-order valence-electron chi connectivity index (χ3n) is 7.67. The first-order valence-electron chi connectivity index (χ1n) is 14.8. The summed E-state index contributed by atoms with van der Waals surface area (Å²) in [6, 6.07) is 13.0. The van der Waals surface area contributed by atoms with Gasteiger partial charge in [0.1, 0.15) is 29.9 Å². The van der Waals surface area contributed by atoms with Crippen LogP contribution in [0.1, 0.15) is 63.8 Å². The second-order valence-electron chi connectivity index (χ2n) is 12.5. The van der Waals surface area contributed by atoms with Crippen LogP contribution in [-0.4, -0.2) is 56.1 Å². The molecular weight excluding hydrogens is 639 g/mol. The predicted molar refractivity (Wildman–Crippen MR) is 175 cm³/mol. The van der Waals surface area contributed by atoms with Gasteiger partial charge in [0.15, 0.2) is 0 Å². The molecular formula is C34H39ClF3N3O6. The Kier molecular flexibility index (Phi) is 10.6. The number of halogens is 4. The highest BCUT2D eigenvalue weighted by Gasteiger charge is 2.42. The van der Waals surface area contributed by atoms with E-state index >= 15 is 0 Å². The summed E-state index contributed by atoms with van der Waals surface area (Å²) in [6.07, 6.45) is -4.52. The van der Waals surface area contributed by atoms with Crippen molar-refractivity contribution in [2.75, 3.05) is 37.6 Å². The molecule has 2 N–H and O–H groups in total. The van der Waals surface area contributed by atoms with Crippen LogP contribution in [0, 0.1) is 0 Å². The first-order chi connectivity index (χ1) is 21.9. The third kappa shape index (κ3) is 9.01. The summed E-state index contributed by atoms with van der Waals surface area (Å²) in [5.74, 6) is -0.0900. The van der Waals surface area contributed by atoms with Gasteiger partial charge in [0.05, 0.1) is 31.2 Å². The maximum absolute atomic E-state index is 14.6. The zero-order chi connectivity index (χ0) is 34.7. The SMILES string of the molecule is COc1cc(NC(C(=O)N2CC(C)(C)c3ccc(OC(F)(F)F)cc32)c2ccc(Cl)cc2OC)cc(C(C)=NOCCC(C)(C)O)c1. The van der Waals surface area contributed by atoms with E-state index < -0.39 is 35.1 Å². The second kappa shape index (κ2) is 13.9. The fraction of sp³-hybridized carbons (Fsp3) is 0.412. The van der Waals surface area contributed by atoms with Gasteiger partial charge >= 0.3 is 6.36 Å². The highest BCUT2D eigenvalue weighted by Crippen LogP contribution is 2.45. The Bertz CT molecular complexity index is 1640. The number of methoxy groups -OCH3 is 2. The van der Waals surface area contributed by atoms with E-state index in [1.165, 1.54) is 31.3 Å². The standard InChI is InChI=1S/C34H39ClF3N3O6/c1-20(40-46-13-12-33(4,5)43)21-14-23(17-25(15-21)44-6)39-30(26-10-8-22(35)16-29(26)45-7)31(42)41-19-32(2,3)27-11-9-24(18-28(27)41)47-34(36,37)38/h8-11,14-18,30,39,43H,12-13,19H2,1-7H3. The molecule has 254 valence electrons. The molecule has 3 aromatic carbocycles. The molecule has 0 radical (unpaired) electrons. The summed E-state index contributed by atoms with van der Waals surface area (Å²) in [5, 5.41) is 17.8. The number of rotatable bonds is 12. The largest absolute Gasteiger partial charge is 0.573 e. The molecule has 0 saturated heterocycles. The summed E-state index contributed by atoms with van der Waals surface area (Å²) >= 11 is 6.26. The zero-order valence-corrected chi connectivity index (χ0v) is 28.0. The van der Waals surface area contributed by atoms with Gasteiger partial charge in [-0.05, 0) is 56.7 Å². The first-order valence-corrected chi connectivity index (χ1v) is 15.2. The number of aliphatic hydroxyl groups is 1. The number of carbonyl (C=O) groups excluding carboxylic acids is 1. The molecule has 0 spiro atoms. The van der Waals surface area contributed by atoms with E-state index in [9.17, 15) is 23.1 Å². The van der Waals surface area contributed by atoms with E-state index in [1.54, 1.807) is 63.2 Å². The van der Waals surface area contributed by atoms with Gasteiger partial charge in [0.2, 0.25) is 0 Å². The molecule has 0 bridgehead atoms. The number of anilines is 2. The van der Waals surface area contributed by atoms with Crippen molar-refractivity contribution >= 4 is 34.6 Å². The minimum absolute atomic E-state index is 0.196. The van der Waals surface area contributed by atoms with Gasteiger partial charge in [-0.3, -0.25) is 4.79 Å². The van der Waals surface area contributed by atoms with Crippen molar-refractivity contribution in [3.8, 4) is 17.2 Å². The summed E-state index contributed by atoms with van der Waals surface area (Å²) < 4.78 is 54.7. The van der Waals surface area contributed by atoms with E-state index in [1.807, 2.05) is 13.8 Å². The number of ether oxygens (including phenoxy) is 3. The topological polar surface area (TPSA) is 102 Å². The van der Waals surface area contributed by atoms with E-state index in [0.29, 0.717) is 56.7 Å². The second-order valence-corrected chi connectivity index (χ2v) is 13.0. The normalized spacial score (nSPS) is 15.1. The number of nitrogens with one attached hydrogen (secondary N) is 1. The Morgan fingerprint density at radius 3 is 2.43 bits per heavy atom. The molecule has 1 amide bonds. The fourth-order valence-electron chi connectivity index (χ4n) is 5.28. The van der Waals surface area contributed by atoms with Crippen molar-refractivity contribution < 1.29 is 42.1 Å². The van der Waals surface area contributed by atoms with Crippen LogP contribution in [0.5, 0.6) is 17.2 Å². The number of benzene rings is 3. The van der Waals surface area contributed by atoms with Gasteiger partial charge in [0.25, 0.3) is 5.91 Å². The minimum Gasteiger partial charge on any atom is -0.497 e. The maximum atomic E-state index is 14.6. The molecule has 1 unspecified atom stereocenters. The van der Waals surface area contributed by atoms with Crippen molar-refractivity contribution in [3.63, 3.8) is 0 Å². The van der Waals surface area contributed by atoms with Crippen LogP contribution in [0.2, 0.25) is 5.02 Å². The van der Waals surface area contributed by atoms with Crippen molar-refractivity contribution in [2.45, 2.75) is 64.5 Å². The quantitative estimate of drug-likeness (QED) is 0.115. The molecule has 1 atom stereocenters. The average Bonchev–Trinajstić information content (AvgIpc) is 3.25. The lowest BCUT2D eigenvalue weighted by atomic mass is 9.87. The molecule has 0 aromatic heterocycles. The Morgan fingerprint density at radius 2 is 1.79 bits per heavy atom. The van der Waals surface area contributed by atoms with Crippen LogP contribution in [0.3, 0.4) is 0 Å². The molecule has 13 heteroatoms. The predicted octanol–water partition coefficient (Wildman–Crippen LogP) is 7.64. The van der Waals surface area contributed by atoms with E-state index in [4.69, 9.17) is 25.9 Å². The van der Waals surface area contributed by atoms with Crippen molar-refractivity contribution in [1.29, 1.82) is 0 Å². The summed E-state index contributed by atoms with van der Waals surface area (Å²) in [5.41, 5.74) is 1.60. The van der Waals surface area contributed by atoms with Gasteiger partial charge in [-0.1, -0.05) is 42.7 Å². The number of amides is 1. The van der Waals surface area contributed by atoms with Gasteiger partial charge in [-0.2, -0.15) is 0 Å². The number of hydrogen-bond donors (Lipinski definition) is 2. The number of carbonyl (C=O) groups is 1. The number of hydrogen-bond acceptors (Lipinski definition) is 8. The Hall–Kier alpha value is -4.16. The van der Waals surface area contributed by atoms with Crippen LogP contribution >= 0.6 is 11.6 Å². The van der Waals surface area contributed by atoms with Crippen molar-refractivity contribution in [1.82, 2.24) is 0 Å². The van der Waals surface area contributed by atoms with Crippen molar-refractivity contribution in [2.24, 2.45) is 5.16 Å². The highest BCUT2D eigenvalue weighted by atomic mass is 35.5. The maximum Gasteiger partial charge on any atom is 0.573 e. The van der Waals surface area contributed by atoms with Crippen LogP contribution in [0.25, 0.3) is 0 Å². The number of alkyl halides is 3. The minimum atomic E-state index is -4.90. The van der Waals surface area contributed by atoms with Crippen LogP contribution in [-0.2, 0) is 15.0 Å². The Balaban J connectivity index is 1.76. The molecule has 1 aliphatic rings. The van der Waals surface area contributed by atoms with E-state index in [0.717, 1.165) is 0 Å². The summed E-state index contributed by atoms with van der Waals surface area (Å²) in [6.45, 7) is 9.32. The molecule has 0 fully saturated rings. The van der Waals surface area contributed by atoms with Crippen molar-refractivity contribution in [3.05, 3.63) is 76.3 Å². The van der Waals surface area contributed by atoms with Gasteiger partial charge in [0, 0.05) is 52.4 Å². The highest BCUT2D eigenvalue weighted by molar-refractivity contribution is 6.30. The molecule has 4 rings (SSSR count). The molecule has 1 heterocycles. The number of oxime groups is 1. The lowest BCUT2D eigenvalue weighted by Crippen LogP contribution is -2.39. The lowest BCUT2D eigenvalue weighted by molar-refractivity contribution is -0.274. The zero-order valence-electron chi connectivity index (χ0n) is 27.3. The van der Waals surface area contributed by atoms with E-state index in [2.05, 4.69) is 15.2 Å². The van der Waals surface area contributed by atoms with Crippen LogP contribution in [0.4, 0.5) is 24.5 Å². The summed E-state index contributed by atoms with van der Waals surface area (Å²) in [4.78, 5) is 21.5. The first kappa shape index (κ1) is 35.7. The van der Waals surface area contributed by atoms with Crippen LogP contribution < -0.4 is 24.4 Å².